The van der Waals surface area contributed by atoms with Crippen LogP contribution in [0.5, 0.6) is 0 Å². The highest BCUT2D eigenvalue weighted by Gasteiger charge is 2.62. The molecule has 0 saturated heterocycles. The molecule has 0 fully saturated rings. The molecule has 0 nitrogen and oxygen atoms in total. The SMILES string of the molecule is C1=CC2c3ccccc3C23C=1c1ccccc13. The third kappa shape index (κ3) is 0.615. The van der Waals surface area contributed by atoms with E-state index < -0.39 is 0 Å². The van der Waals surface area contributed by atoms with Gasteiger partial charge in [0, 0.05) is 11.5 Å². The van der Waals surface area contributed by atoms with E-state index in [0.29, 0.717) is 5.92 Å². The molecule has 0 aromatic heterocycles. The zero-order valence-electron chi connectivity index (χ0n) is 9.27. The summed E-state index contributed by atoms with van der Waals surface area (Å²) < 4.78 is 0. The van der Waals surface area contributed by atoms with Crippen LogP contribution in [0.15, 0.2) is 60.3 Å². The molecule has 0 aliphatic heterocycles. The van der Waals surface area contributed by atoms with Crippen LogP contribution < -0.4 is 0 Å². The Hall–Kier alpha value is -2.04. The van der Waals surface area contributed by atoms with E-state index in [1.165, 1.54) is 27.8 Å². The summed E-state index contributed by atoms with van der Waals surface area (Å²) in [6.07, 6.45) is 2.26. The Morgan fingerprint density at radius 2 is 1.65 bits per heavy atom. The molecule has 0 bridgehead atoms. The first-order valence-corrected chi connectivity index (χ1v) is 6.10. The van der Waals surface area contributed by atoms with Crippen LogP contribution in [0, 0.1) is 0 Å². The largest absolute Gasteiger partial charge is 0.119 e. The number of rotatable bonds is 0. The van der Waals surface area contributed by atoms with Gasteiger partial charge in [0.25, 0.3) is 0 Å². The molecular weight excluding hydrogens is 204 g/mol. The average Bonchev–Trinajstić information content (AvgIpc) is 2.64. The number of benzene rings is 2. The monoisotopic (exact) mass is 214 g/mol. The number of hydrogen-bond donors (Lipinski definition) is 0. The molecule has 1 spiro atoms. The zero-order valence-corrected chi connectivity index (χ0v) is 9.27. The summed E-state index contributed by atoms with van der Waals surface area (Å²) in [6, 6.07) is 17.6. The molecule has 2 unspecified atom stereocenters. The highest BCUT2D eigenvalue weighted by molar-refractivity contribution is 5.98. The molecule has 0 N–H and O–H groups in total. The van der Waals surface area contributed by atoms with Gasteiger partial charge in [-0.3, -0.25) is 0 Å². The standard InChI is InChI=1S/C17H10/c1-3-7-13-11(5-1)15-9-10-16-12-6-2-4-8-14(12)17(13,15)16/h1-9,15H. The maximum Gasteiger partial charge on any atom is 0.0648 e. The van der Waals surface area contributed by atoms with Crippen molar-refractivity contribution in [3.63, 3.8) is 0 Å². The van der Waals surface area contributed by atoms with Gasteiger partial charge in [-0.1, -0.05) is 48.5 Å². The maximum absolute atomic E-state index is 3.50. The van der Waals surface area contributed by atoms with Gasteiger partial charge in [0.2, 0.25) is 0 Å². The second kappa shape index (κ2) is 2.30. The second-order valence-electron chi connectivity index (χ2n) is 5.10. The molecule has 0 heteroatoms. The van der Waals surface area contributed by atoms with Crippen molar-refractivity contribution in [2.75, 3.05) is 0 Å². The van der Waals surface area contributed by atoms with Crippen LogP contribution >= 0.6 is 0 Å². The summed E-state index contributed by atoms with van der Waals surface area (Å²) in [5.41, 5.74) is 11.0. The molecule has 0 saturated carbocycles. The first kappa shape index (κ1) is 8.11. The minimum Gasteiger partial charge on any atom is -0.119 e. The average molecular weight is 214 g/mol. The van der Waals surface area contributed by atoms with Gasteiger partial charge in [0.05, 0.1) is 5.41 Å². The summed E-state index contributed by atoms with van der Waals surface area (Å²) in [5, 5.41) is 0. The van der Waals surface area contributed by atoms with E-state index in [4.69, 9.17) is 0 Å². The maximum atomic E-state index is 3.50. The van der Waals surface area contributed by atoms with Gasteiger partial charge >= 0.3 is 0 Å². The molecule has 17 heavy (non-hydrogen) atoms. The van der Waals surface area contributed by atoms with E-state index in [0.717, 1.165) is 0 Å². The molecule has 2 aromatic carbocycles. The van der Waals surface area contributed by atoms with E-state index >= 15 is 0 Å². The van der Waals surface area contributed by atoms with Crippen LogP contribution in [0.25, 0.3) is 5.57 Å². The quantitative estimate of drug-likeness (QED) is 0.587. The molecule has 78 valence electrons. The van der Waals surface area contributed by atoms with Crippen molar-refractivity contribution in [1.29, 1.82) is 0 Å². The van der Waals surface area contributed by atoms with Crippen LogP contribution in [-0.4, -0.2) is 0 Å². The summed E-state index contributed by atoms with van der Waals surface area (Å²) in [5.74, 6) is 0.545. The van der Waals surface area contributed by atoms with Crippen molar-refractivity contribution in [1.82, 2.24) is 0 Å². The predicted molar refractivity (Wildman–Crippen MR) is 67.9 cm³/mol. The van der Waals surface area contributed by atoms with E-state index in [9.17, 15) is 0 Å². The highest BCUT2D eigenvalue weighted by atomic mass is 14.6. The van der Waals surface area contributed by atoms with E-state index in [1.54, 1.807) is 0 Å². The first-order valence-electron chi connectivity index (χ1n) is 6.10. The molecule has 3 aliphatic rings. The Balaban J connectivity index is 1.91. The lowest BCUT2D eigenvalue weighted by atomic mass is 9.45. The Morgan fingerprint density at radius 1 is 0.882 bits per heavy atom. The molecule has 2 atom stereocenters. The van der Waals surface area contributed by atoms with Gasteiger partial charge < -0.3 is 0 Å². The van der Waals surface area contributed by atoms with Crippen molar-refractivity contribution < 1.29 is 0 Å². The van der Waals surface area contributed by atoms with E-state index in [1.807, 2.05) is 0 Å². The van der Waals surface area contributed by atoms with Crippen LogP contribution in [-0.2, 0) is 5.41 Å². The minimum absolute atomic E-state index is 0.188. The summed E-state index contributed by atoms with van der Waals surface area (Å²) in [7, 11) is 0. The minimum atomic E-state index is 0.188. The molecule has 5 rings (SSSR count). The Bertz CT molecular complexity index is 744. The van der Waals surface area contributed by atoms with Crippen molar-refractivity contribution in [3.05, 3.63) is 82.6 Å². The smallest absolute Gasteiger partial charge is 0.0648 e. The first-order chi connectivity index (χ1) is 8.44. The third-order valence-corrected chi connectivity index (χ3v) is 4.60. The van der Waals surface area contributed by atoms with Gasteiger partial charge in [-0.25, -0.2) is 0 Å². The molecule has 0 radical (unpaired) electrons. The van der Waals surface area contributed by atoms with Crippen LogP contribution in [0.2, 0.25) is 0 Å². The lowest BCUT2D eigenvalue weighted by Gasteiger charge is -2.55. The Morgan fingerprint density at radius 3 is 2.59 bits per heavy atom. The fourth-order valence-corrected chi connectivity index (χ4v) is 3.96. The molecule has 3 aliphatic carbocycles. The van der Waals surface area contributed by atoms with Crippen molar-refractivity contribution in [2.24, 2.45) is 0 Å². The highest BCUT2D eigenvalue weighted by Crippen LogP contribution is 2.70. The lowest BCUT2D eigenvalue weighted by molar-refractivity contribution is 0.495. The van der Waals surface area contributed by atoms with Crippen molar-refractivity contribution in [3.8, 4) is 0 Å². The summed E-state index contributed by atoms with van der Waals surface area (Å²) in [6.45, 7) is 0. The topological polar surface area (TPSA) is 0 Å². The second-order valence-corrected chi connectivity index (χ2v) is 5.10. The van der Waals surface area contributed by atoms with E-state index in [-0.39, 0.29) is 5.41 Å². The number of fused-ring (bicyclic) bond motifs is 4. The number of allylic oxidation sites excluding steroid dienone is 1. The van der Waals surface area contributed by atoms with Gasteiger partial charge in [0.1, 0.15) is 0 Å². The number of hydrogen-bond acceptors (Lipinski definition) is 0. The van der Waals surface area contributed by atoms with Crippen molar-refractivity contribution in [2.45, 2.75) is 11.3 Å². The zero-order chi connectivity index (χ0) is 11.0. The van der Waals surface area contributed by atoms with Gasteiger partial charge in [-0.05, 0) is 28.3 Å². The molecule has 0 amide bonds. The molecule has 2 aromatic rings. The van der Waals surface area contributed by atoms with Crippen LogP contribution in [0.4, 0.5) is 0 Å². The molecule has 0 heterocycles. The fourth-order valence-electron chi connectivity index (χ4n) is 3.96. The van der Waals surface area contributed by atoms with Gasteiger partial charge in [0.15, 0.2) is 0 Å². The summed E-state index contributed by atoms with van der Waals surface area (Å²) >= 11 is 0. The Kier molecular flexibility index (Phi) is 1.10. The van der Waals surface area contributed by atoms with Gasteiger partial charge in [-0.15, -0.1) is 5.73 Å². The van der Waals surface area contributed by atoms with Crippen molar-refractivity contribution >= 4 is 5.57 Å². The Labute approximate surface area is 99.9 Å². The van der Waals surface area contributed by atoms with Crippen LogP contribution in [0.3, 0.4) is 0 Å². The normalized spacial score (nSPS) is 29.2. The van der Waals surface area contributed by atoms with E-state index in [2.05, 4.69) is 60.3 Å². The van der Waals surface area contributed by atoms with Crippen LogP contribution in [0.1, 0.15) is 28.2 Å². The lowest BCUT2D eigenvalue weighted by Crippen LogP contribution is -2.48. The molecular formula is C17H10. The third-order valence-electron chi connectivity index (χ3n) is 4.60. The predicted octanol–water partition coefficient (Wildman–Crippen LogP) is 3.64. The fraction of sp³-hybridized carbons (Fsp3) is 0.118. The van der Waals surface area contributed by atoms with Gasteiger partial charge in [-0.2, -0.15) is 0 Å². The summed E-state index contributed by atoms with van der Waals surface area (Å²) in [4.78, 5) is 0.